The molecule has 0 unspecified atom stereocenters. The molecular formula is C27H36N3O6P. The topological polar surface area (TPSA) is 101 Å². The van der Waals surface area contributed by atoms with Crippen LogP contribution in [0, 0.1) is 0 Å². The normalized spacial score (nSPS) is 14.4. The van der Waals surface area contributed by atoms with E-state index in [9.17, 15) is 9.36 Å². The number of methoxy groups -OCH3 is 1. The van der Waals surface area contributed by atoms with E-state index < -0.39 is 7.37 Å². The second-order valence-electron chi connectivity index (χ2n) is 8.96. The standard InChI is InChI=1S/C27H36N3O6P/c1-6-34-37(5,32)19-30-13-12-26(29-30)28-27(31)23-15-24(17-25(16-23)36-21(3)18-33-4)35-20(2)14-22-10-8-7-9-11-22/h7-13,15-17,20-21H,6,14,18-19H2,1-5H3,(H,28,29,31)/t20-,21-,37-/m0/s1. The van der Waals surface area contributed by atoms with Crippen LogP contribution in [0.25, 0.3) is 0 Å². The second-order valence-corrected chi connectivity index (χ2v) is 11.5. The fraction of sp³-hybridized carbons (Fsp3) is 0.407. The molecular weight excluding hydrogens is 493 g/mol. The molecule has 2 aromatic carbocycles. The van der Waals surface area contributed by atoms with Gasteiger partial charge in [0.2, 0.25) is 7.37 Å². The number of nitrogens with zero attached hydrogens (tertiary/aromatic N) is 2. The molecule has 9 nitrogen and oxygen atoms in total. The summed E-state index contributed by atoms with van der Waals surface area (Å²) in [7, 11) is -1.22. The molecule has 3 atom stereocenters. The Hall–Kier alpha value is -3.13. The zero-order chi connectivity index (χ0) is 26.8. The summed E-state index contributed by atoms with van der Waals surface area (Å²) in [6.45, 7) is 7.98. The first-order valence-electron chi connectivity index (χ1n) is 12.2. The fourth-order valence-corrected chi connectivity index (χ4v) is 5.14. The Bertz CT molecular complexity index is 1200. The van der Waals surface area contributed by atoms with E-state index in [1.165, 1.54) is 4.68 Å². The van der Waals surface area contributed by atoms with Crippen LogP contribution in [0.15, 0.2) is 60.8 Å². The molecule has 3 rings (SSSR count). The SMILES string of the molecule is CCO[P@](C)(=O)Cn1ccc(NC(=O)c2cc(O[C@@H](C)COC)cc(O[C@@H](C)Cc3ccccc3)c2)n1. The number of benzene rings is 2. The zero-order valence-electron chi connectivity index (χ0n) is 22.0. The average Bonchev–Trinajstić information content (AvgIpc) is 3.25. The van der Waals surface area contributed by atoms with E-state index in [0.717, 1.165) is 5.56 Å². The van der Waals surface area contributed by atoms with Gasteiger partial charge < -0.3 is 24.1 Å². The molecule has 0 bridgehead atoms. The first kappa shape index (κ1) is 28.4. The monoisotopic (exact) mass is 529 g/mol. The predicted molar refractivity (Wildman–Crippen MR) is 144 cm³/mol. The zero-order valence-corrected chi connectivity index (χ0v) is 22.9. The van der Waals surface area contributed by atoms with E-state index in [1.807, 2.05) is 32.0 Å². The Morgan fingerprint density at radius 1 is 1.05 bits per heavy atom. The third kappa shape index (κ3) is 9.35. The molecule has 0 aliphatic heterocycles. The Labute approximate surface area is 218 Å². The highest BCUT2D eigenvalue weighted by atomic mass is 31.2. The first-order valence-corrected chi connectivity index (χ1v) is 14.5. The molecule has 1 N–H and O–H groups in total. The van der Waals surface area contributed by atoms with E-state index >= 15 is 0 Å². The molecule has 1 heterocycles. The van der Waals surface area contributed by atoms with E-state index in [-0.39, 0.29) is 24.4 Å². The van der Waals surface area contributed by atoms with Crippen molar-refractivity contribution in [2.75, 3.05) is 32.3 Å². The number of amides is 1. The summed E-state index contributed by atoms with van der Waals surface area (Å²) in [6.07, 6.45) is 2.14. The van der Waals surface area contributed by atoms with Gasteiger partial charge in [0.1, 0.15) is 23.9 Å². The van der Waals surface area contributed by atoms with Crippen molar-refractivity contribution in [2.24, 2.45) is 0 Å². The lowest BCUT2D eigenvalue weighted by Gasteiger charge is -2.19. The number of carbonyl (C=O) groups is 1. The van der Waals surface area contributed by atoms with Crippen LogP contribution in [0.3, 0.4) is 0 Å². The van der Waals surface area contributed by atoms with Gasteiger partial charge in [0, 0.05) is 44.1 Å². The quantitative estimate of drug-likeness (QED) is 0.277. The summed E-state index contributed by atoms with van der Waals surface area (Å²) in [5, 5.41) is 7.09. The van der Waals surface area contributed by atoms with Gasteiger partial charge in [-0.05, 0) is 38.5 Å². The summed E-state index contributed by atoms with van der Waals surface area (Å²) < 4.78 is 36.6. The summed E-state index contributed by atoms with van der Waals surface area (Å²) in [5.74, 6) is 0.971. The minimum Gasteiger partial charge on any atom is -0.490 e. The van der Waals surface area contributed by atoms with Gasteiger partial charge in [-0.3, -0.25) is 14.0 Å². The highest BCUT2D eigenvalue weighted by Crippen LogP contribution is 2.43. The van der Waals surface area contributed by atoms with Crippen LogP contribution in [-0.4, -0.2) is 54.9 Å². The maximum atomic E-state index is 13.1. The molecule has 200 valence electrons. The number of carbonyl (C=O) groups excluding carboxylic acids is 1. The Kier molecular flexibility index (Phi) is 10.3. The Morgan fingerprint density at radius 2 is 1.73 bits per heavy atom. The highest BCUT2D eigenvalue weighted by molar-refractivity contribution is 7.57. The molecule has 0 saturated heterocycles. The minimum atomic E-state index is -2.82. The molecule has 0 aliphatic carbocycles. The molecule has 1 aromatic heterocycles. The van der Waals surface area contributed by atoms with Crippen molar-refractivity contribution in [1.29, 1.82) is 0 Å². The van der Waals surface area contributed by atoms with Crippen molar-refractivity contribution in [3.8, 4) is 11.5 Å². The predicted octanol–water partition coefficient (Wildman–Crippen LogP) is 5.46. The molecule has 3 aromatic rings. The second kappa shape index (κ2) is 13.4. The van der Waals surface area contributed by atoms with Gasteiger partial charge in [-0.2, -0.15) is 5.10 Å². The smallest absolute Gasteiger partial charge is 0.257 e. The van der Waals surface area contributed by atoms with Gasteiger partial charge in [-0.25, -0.2) is 0 Å². The van der Waals surface area contributed by atoms with Gasteiger partial charge in [0.05, 0.1) is 19.3 Å². The third-order valence-electron chi connectivity index (χ3n) is 5.27. The highest BCUT2D eigenvalue weighted by Gasteiger charge is 2.18. The van der Waals surface area contributed by atoms with Crippen LogP contribution in [0.2, 0.25) is 0 Å². The Morgan fingerprint density at radius 3 is 2.38 bits per heavy atom. The molecule has 0 saturated carbocycles. The first-order chi connectivity index (χ1) is 17.7. The van der Waals surface area contributed by atoms with Crippen molar-refractivity contribution < 1.29 is 28.1 Å². The van der Waals surface area contributed by atoms with Gasteiger partial charge in [-0.1, -0.05) is 30.3 Å². The van der Waals surface area contributed by atoms with Crippen molar-refractivity contribution in [3.63, 3.8) is 0 Å². The molecule has 37 heavy (non-hydrogen) atoms. The van der Waals surface area contributed by atoms with Crippen LogP contribution in [-0.2, 0) is 26.5 Å². The lowest BCUT2D eigenvalue weighted by molar-refractivity contribution is 0.0913. The number of rotatable bonds is 14. The van der Waals surface area contributed by atoms with E-state index in [1.54, 1.807) is 51.2 Å². The number of ether oxygens (including phenoxy) is 3. The van der Waals surface area contributed by atoms with Gasteiger partial charge in [-0.15, -0.1) is 0 Å². The van der Waals surface area contributed by atoms with Crippen LogP contribution in [0.1, 0.15) is 36.7 Å². The van der Waals surface area contributed by atoms with E-state index in [0.29, 0.717) is 42.5 Å². The molecule has 0 fully saturated rings. The summed E-state index contributed by atoms with van der Waals surface area (Å²) in [5.41, 5.74) is 1.51. The van der Waals surface area contributed by atoms with E-state index in [4.69, 9.17) is 18.7 Å². The fourth-order valence-electron chi connectivity index (χ4n) is 3.83. The lowest BCUT2D eigenvalue weighted by Crippen LogP contribution is -2.20. The van der Waals surface area contributed by atoms with Gasteiger partial charge in [0.15, 0.2) is 5.82 Å². The van der Waals surface area contributed by atoms with Crippen molar-refractivity contribution in [2.45, 2.75) is 45.7 Å². The van der Waals surface area contributed by atoms with Gasteiger partial charge >= 0.3 is 0 Å². The van der Waals surface area contributed by atoms with Crippen molar-refractivity contribution in [1.82, 2.24) is 9.78 Å². The summed E-state index contributed by atoms with van der Waals surface area (Å²) >= 11 is 0. The van der Waals surface area contributed by atoms with Crippen LogP contribution in [0.4, 0.5) is 5.82 Å². The lowest BCUT2D eigenvalue weighted by atomic mass is 10.1. The molecule has 10 heteroatoms. The molecule has 1 amide bonds. The van der Waals surface area contributed by atoms with Crippen molar-refractivity contribution in [3.05, 3.63) is 71.9 Å². The number of hydrogen-bond donors (Lipinski definition) is 1. The molecule has 0 radical (unpaired) electrons. The number of anilines is 1. The van der Waals surface area contributed by atoms with Crippen LogP contribution in [0.5, 0.6) is 11.5 Å². The van der Waals surface area contributed by atoms with Gasteiger partial charge in [0.25, 0.3) is 5.91 Å². The number of aromatic nitrogens is 2. The largest absolute Gasteiger partial charge is 0.490 e. The van der Waals surface area contributed by atoms with E-state index in [2.05, 4.69) is 22.5 Å². The summed E-state index contributed by atoms with van der Waals surface area (Å²) in [4.78, 5) is 13.1. The summed E-state index contributed by atoms with van der Waals surface area (Å²) in [6, 6.07) is 16.8. The average molecular weight is 530 g/mol. The Balaban J connectivity index is 1.76. The van der Waals surface area contributed by atoms with Crippen LogP contribution < -0.4 is 14.8 Å². The number of nitrogens with one attached hydrogen (secondary N) is 1. The van der Waals surface area contributed by atoms with Crippen LogP contribution >= 0.6 is 7.37 Å². The molecule has 0 spiro atoms. The maximum absolute atomic E-state index is 13.1. The minimum absolute atomic E-state index is 0.120. The number of hydrogen-bond acceptors (Lipinski definition) is 7. The third-order valence-corrected chi connectivity index (χ3v) is 6.88. The van der Waals surface area contributed by atoms with Crippen molar-refractivity contribution >= 4 is 19.1 Å². The maximum Gasteiger partial charge on any atom is 0.257 e. The molecule has 0 aliphatic rings.